The molecule has 0 saturated carbocycles. The SMILES string of the molecule is CC(=O)O.O=C1C=C(C2CCCO2)C(=O)N1. The third kappa shape index (κ3) is 3.47. The van der Waals surface area contributed by atoms with Crippen LogP contribution in [-0.4, -0.2) is 35.6 Å². The summed E-state index contributed by atoms with van der Waals surface area (Å²) in [4.78, 5) is 30.8. The van der Waals surface area contributed by atoms with Crippen LogP contribution in [0, 0.1) is 0 Å². The maximum atomic E-state index is 11.1. The van der Waals surface area contributed by atoms with Crippen molar-refractivity contribution in [3.63, 3.8) is 0 Å². The van der Waals surface area contributed by atoms with Gasteiger partial charge in [0.05, 0.1) is 11.7 Å². The molecule has 6 heteroatoms. The van der Waals surface area contributed by atoms with Gasteiger partial charge in [0, 0.05) is 19.6 Å². The summed E-state index contributed by atoms with van der Waals surface area (Å²) in [5.74, 6) is -1.46. The molecule has 0 aromatic rings. The zero-order valence-corrected chi connectivity index (χ0v) is 8.86. The van der Waals surface area contributed by atoms with Gasteiger partial charge in [0.25, 0.3) is 17.8 Å². The molecule has 2 heterocycles. The number of carboxylic acids is 1. The first-order chi connectivity index (χ1) is 7.50. The van der Waals surface area contributed by atoms with Gasteiger partial charge >= 0.3 is 0 Å². The van der Waals surface area contributed by atoms with Gasteiger partial charge in [-0.2, -0.15) is 0 Å². The lowest BCUT2D eigenvalue weighted by molar-refractivity contribution is -0.134. The number of ether oxygens (including phenoxy) is 1. The molecule has 0 aromatic heterocycles. The average molecular weight is 227 g/mol. The fourth-order valence-corrected chi connectivity index (χ4v) is 1.49. The summed E-state index contributed by atoms with van der Waals surface area (Å²) in [6, 6.07) is 0. The number of rotatable bonds is 1. The second-order valence-corrected chi connectivity index (χ2v) is 3.44. The maximum Gasteiger partial charge on any atom is 0.300 e. The molecule has 0 aromatic carbocycles. The van der Waals surface area contributed by atoms with E-state index in [0.29, 0.717) is 12.2 Å². The zero-order chi connectivity index (χ0) is 12.1. The number of carbonyl (C=O) groups excluding carboxylic acids is 2. The Hall–Kier alpha value is -1.69. The Labute approximate surface area is 92.3 Å². The molecule has 88 valence electrons. The van der Waals surface area contributed by atoms with Gasteiger partial charge in [-0.15, -0.1) is 0 Å². The van der Waals surface area contributed by atoms with E-state index < -0.39 is 5.97 Å². The van der Waals surface area contributed by atoms with Gasteiger partial charge < -0.3 is 9.84 Å². The molecule has 16 heavy (non-hydrogen) atoms. The smallest absolute Gasteiger partial charge is 0.300 e. The van der Waals surface area contributed by atoms with Crippen molar-refractivity contribution in [2.45, 2.75) is 25.9 Å². The van der Waals surface area contributed by atoms with Crippen molar-refractivity contribution in [1.29, 1.82) is 0 Å². The summed E-state index contributed by atoms with van der Waals surface area (Å²) in [6.45, 7) is 1.77. The lowest BCUT2D eigenvalue weighted by atomic mass is 10.1. The van der Waals surface area contributed by atoms with Crippen LogP contribution in [-0.2, 0) is 19.1 Å². The van der Waals surface area contributed by atoms with Crippen molar-refractivity contribution in [3.05, 3.63) is 11.6 Å². The van der Waals surface area contributed by atoms with Gasteiger partial charge in [0.1, 0.15) is 0 Å². The van der Waals surface area contributed by atoms with Gasteiger partial charge in [-0.25, -0.2) is 0 Å². The zero-order valence-electron chi connectivity index (χ0n) is 8.86. The summed E-state index contributed by atoms with van der Waals surface area (Å²) in [7, 11) is 0. The van der Waals surface area contributed by atoms with Crippen LogP contribution in [0.15, 0.2) is 11.6 Å². The molecular weight excluding hydrogens is 214 g/mol. The fraction of sp³-hybridized carbons (Fsp3) is 0.500. The van der Waals surface area contributed by atoms with Crippen molar-refractivity contribution in [2.24, 2.45) is 0 Å². The number of amides is 2. The summed E-state index contributed by atoms with van der Waals surface area (Å²) in [6.07, 6.45) is 2.98. The number of carboxylic acid groups (broad SMARTS) is 1. The van der Waals surface area contributed by atoms with Crippen LogP contribution in [0.4, 0.5) is 0 Å². The normalized spacial score (nSPS) is 23.3. The Morgan fingerprint density at radius 3 is 2.56 bits per heavy atom. The third-order valence-electron chi connectivity index (χ3n) is 2.06. The Bertz CT molecular complexity index is 337. The molecule has 0 bridgehead atoms. The predicted octanol–water partition coefficient (Wildman–Crippen LogP) is -0.161. The van der Waals surface area contributed by atoms with E-state index in [1.54, 1.807) is 0 Å². The van der Waals surface area contributed by atoms with E-state index in [4.69, 9.17) is 14.6 Å². The predicted molar refractivity (Wildman–Crippen MR) is 53.5 cm³/mol. The largest absolute Gasteiger partial charge is 0.481 e. The summed E-state index contributed by atoms with van der Waals surface area (Å²) >= 11 is 0. The second-order valence-electron chi connectivity index (χ2n) is 3.44. The minimum absolute atomic E-state index is 0.156. The molecule has 2 amide bonds. The molecule has 1 atom stereocenters. The molecule has 2 rings (SSSR count). The molecule has 2 aliphatic rings. The van der Waals surface area contributed by atoms with Crippen molar-refractivity contribution in [1.82, 2.24) is 5.32 Å². The van der Waals surface area contributed by atoms with Gasteiger partial charge in [-0.3, -0.25) is 19.7 Å². The standard InChI is InChI=1S/C8H9NO3.C2H4O2/c10-7-4-5(8(11)9-7)6-2-1-3-12-6;1-2(3)4/h4,6H,1-3H2,(H,9,10,11);1H3,(H,3,4). The average Bonchev–Trinajstić information content (AvgIpc) is 2.73. The van der Waals surface area contributed by atoms with Crippen molar-refractivity contribution in [2.75, 3.05) is 6.61 Å². The molecule has 0 radical (unpaired) electrons. The van der Waals surface area contributed by atoms with E-state index >= 15 is 0 Å². The van der Waals surface area contributed by atoms with E-state index in [1.165, 1.54) is 6.08 Å². The van der Waals surface area contributed by atoms with Crippen LogP contribution >= 0.6 is 0 Å². The molecule has 2 N–H and O–H groups in total. The van der Waals surface area contributed by atoms with Crippen molar-refractivity contribution < 1.29 is 24.2 Å². The number of imide groups is 1. The van der Waals surface area contributed by atoms with Gasteiger partial charge in [0.2, 0.25) is 0 Å². The fourth-order valence-electron chi connectivity index (χ4n) is 1.49. The van der Waals surface area contributed by atoms with E-state index in [2.05, 4.69) is 5.32 Å². The van der Waals surface area contributed by atoms with E-state index in [9.17, 15) is 9.59 Å². The first-order valence-electron chi connectivity index (χ1n) is 4.88. The summed E-state index contributed by atoms with van der Waals surface area (Å²) < 4.78 is 5.27. The molecule has 6 nitrogen and oxygen atoms in total. The van der Waals surface area contributed by atoms with Crippen LogP contribution in [0.3, 0.4) is 0 Å². The van der Waals surface area contributed by atoms with Crippen LogP contribution in [0.1, 0.15) is 19.8 Å². The molecular formula is C10H13NO5. The van der Waals surface area contributed by atoms with Crippen molar-refractivity contribution >= 4 is 17.8 Å². The third-order valence-corrected chi connectivity index (χ3v) is 2.06. The van der Waals surface area contributed by atoms with Gasteiger partial charge in [-0.05, 0) is 12.8 Å². The highest BCUT2D eigenvalue weighted by atomic mass is 16.5. The van der Waals surface area contributed by atoms with E-state index in [1.807, 2.05) is 0 Å². The van der Waals surface area contributed by atoms with Crippen LogP contribution in [0.5, 0.6) is 0 Å². The number of carbonyl (C=O) groups is 3. The quantitative estimate of drug-likeness (QED) is 0.607. The highest BCUT2D eigenvalue weighted by Gasteiger charge is 2.30. The summed E-state index contributed by atoms with van der Waals surface area (Å²) in [5.41, 5.74) is 0.484. The molecule has 1 saturated heterocycles. The number of hydrogen-bond donors (Lipinski definition) is 2. The Kier molecular flexibility index (Phi) is 4.19. The highest BCUT2D eigenvalue weighted by Crippen LogP contribution is 2.21. The molecule has 1 unspecified atom stereocenters. The first kappa shape index (κ1) is 12.4. The maximum absolute atomic E-state index is 11.1. The van der Waals surface area contributed by atoms with E-state index in [0.717, 1.165) is 19.8 Å². The second kappa shape index (κ2) is 5.41. The first-order valence-corrected chi connectivity index (χ1v) is 4.88. The number of nitrogens with one attached hydrogen (secondary N) is 1. The molecule has 0 spiro atoms. The van der Waals surface area contributed by atoms with Gasteiger partial charge in [-0.1, -0.05) is 0 Å². The van der Waals surface area contributed by atoms with Crippen LogP contribution in [0.2, 0.25) is 0 Å². The molecule has 1 fully saturated rings. The lowest BCUT2D eigenvalue weighted by Crippen LogP contribution is -2.25. The van der Waals surface area contributed by atoms with Gasteiger partial charge in [0.15, 0.2) is 0 Å². The van der Waals surface area contributed by atoms with Crippen molar-refractivity contribution in [3.8, 4) is 0 Å². The Morgan fingerprint density at radius 2 is 2.19 bits per heavy atom. The van der Waals surface area contributed by atoms with E-state index in [-0.39, 0.29) is 17.9 Å². The lowest BCUT2D eigenvalue weighted by Gasteiger charge is -2.06. The van der Waals surface area contributed by atoms with Crippen LogP contribution in [0.25, 0.3) is 0 Å². The molecule has 2 aliphatic heterocycles. The number of aliphatic carboxylic acids is 1. The monoisotopic (exact) mass is 227 g/mol. The Balaban J connectivity index is 0.000000280. The van der Waals surface area contributed by atoms with Crippen LogP contribution < -0.4 is 5.32 Å². The minimum atomic E-state index is -0.833. The summed E-state index contributed by atoms with van der Waals surface area (Å²) in [5, 5.41) is 9.61. The topological polar surface area (TPSA) is 92.7 Å². The minimum Gasteiger partial charge on any atom is -0.481 e. The highest BCUT2D eigenvalue weighted by molar-refractivity contribution is 6.16. The Morgan fingerprint density at radius 1 is 1.56 bits per heavy atom. The molecule has 0 aliphatic carbocycles. The number of hydrogen-bond acceptors (Lipinski definition) is 4.